The Morgan fingerprint density at radius 2 is 1.56 bits per heavy atom. The van der Waals surface area contributed by atoms with Gasteiger partial charge >= 0.3 is 21.1 Å². The average molecular weight is 900 g/mol. The third kappa shape index (κ3) is 5.52. The Labute approximate surface area is 337 Å². The molecule has 0 N–H and O–H groups in total. The number of aliphatic imine (C=N–C) groups is 1. The maximum atomic E-state index is 6.73. The van der Waals surface area contributed by atoms with Crippen LogP contribution >= 0.6 is 0 Å². The van der Waals surface area contributed by atoms with Gasteiger partial charge in [-0.2, -0.15) is 6.07 Å². The van der Waals surface area contributed by atoms with Crippen LogP contribution in [0.25, 0.3) is 55.1 Å². The fourth-order valence-electron chi connectivity index (χ4n) is 8.86. The number of aromatic nitrogens is 3. The molecule has 0 fully saturated rings. The van der Waals surface area contributed by atoms with E-state index in [1.807, 2.05) is 12.3 Å². The molecule has 0 saturated carbocycles. The van der Waals surface area contributed by atoms with Crippen LogP contribution in [-0.2, 0) is 37.6 Å². The largest absolute Gasteiger partial charge is 2.00 e. The average Bonchev–Trinajstić information content (AvgIpc) is 3.88. The number of pyridine rings is 1. The summed E-state index contributed by atoms with van der Waals surface area (Å²) in [5, 5.41) is 4.70. The topological polar surface area (TPSA) is 44.3 Å². The molecule has 0 saturated heterocycles. The van der Waals surface area contributed by atoms with Gasteiger partial charge in [0.05, 0.1) is 5.52 Å². The van der Waals surface area contributed by atoms with Gasteiger partial charge in [0, 0.05) is 28.9 Å². The number of nitrogens with zero attached hydrogens (tertiary/aromatic N) is 4. The van der Waals surface area contributed by atoms with Gasteiger partial charge in [0.25, 0.3) is 0 Å². The Morgan fingerprint density at radius 1 is 0.782 bits per heavy atom. The molecule has 0 bridgehead atoms. The summed E-state index contributed by atoms with van der Waals surface area (Å²) >= 11 is 0. The zero-order valence-corrected chi connectivity index (χ0v) is 34.9. The first-order valence-corrected chi connectivity index (χ1v) is 19.2. The molecule has 1 aliphatic carbocycles. The smallest absolute Gasteiger partial charge is 0.514 e. The van der Waals surface area contributed by atoms with Crippen molar-refractivity contribution in [2.75, 3.05) is 0 Å². The Bertz CT molecular complexity index is 2900. The molecule has 8 aromatic rings. The summed E-state index contributed by atoms with van der Waals surface area (Å²) in [5.74, 6) is 1.12. The second-order valence-corrected chi connectivity index (χ2v) is 16.9. The quantitative estimate of drug-likeness (QED) is 0.165. The first-order valence-electron chi connectivity index (χ1n) is 19.2. The summed E-state index contributed by atoms with van der Waals surface area (Å²) in [5.41, 5.74) is 15.9. The van der Waals surface area contributed by atoms with Crippen molar-refractivity contribution in [3.63, 3.8) is 0 Å². The van der Waals surface area contributed by atoms with Crippen LogP contribution in [0.2, 0.25) is 0 Å². The normalized spacial score (nSPS) is 16.6. The molecule has 5 nitrogen and oxygen atoms in total. The van der Waals surface area contributed by atoms with E-state index in [4.69, 9.17) is 14.7 Å². The minimum atomic E-state index is 0. The Balaban J connectivity index is 0.00000397. The van der Waals surface area contributed by atoms with Gasteiger partial charge in [-0.3, -0.25) is 4.99 Å². The number of hydrogen-bond donors (Lipinski definition) is 0. The molecule has 276 valence electrons. The summed E-state index contributed by atoms with van der Waals surface area (Å²) in [6.45, 7) is 17.8. The van der Waals surface area contributed by atoms with Gasteiger partial charge in [-0.05, 0) is 81.9 Å². The molecule has 2 aliphatic rings. The molecule has 4 heterocycles. The van der Waals surface area contributed by atoms with Gasteiger partial charge in [0.1, 0.15) is 23.7 Å². The van der Waals surface area contributed by atoms with Gasteiger partial charge in [-0.1, -0.05) is 107 Å². The van der Waals surface area contributed by atoms with E-state index < -0.39 is 0 Å². The zero-order valence-electron chi connectivity index (χ0n) is 32.6. The summed E-state index contributed by atoms with van der Waals surface area (Å²) in [6.07, 6.45) is 2.76. The first-order chi connectivity index (χ1) is 25.9. The molecule has 5 aromatic carbocycles. The second-order valence-electron chi connectivity index (χ2n) is 16.9. The number of fused-ring (bicyclic) bond motifs is 9. The second kappa shape index (κ2) is 12.8. The van der Waals surface area contributed by atoms with Crippen molar-refractivity contribution in [2.24, 2.45) is 4.99 Å². The fraction of sp³-hybridized carbons (Fsp3) is 0.265. The molecular formula is C49H44N4OPt. The SMILES string of the molecule is Cc1ccc2c(c1)c1ccc(-n3c4ccc(C(C)C)cc4c4cccnc43)[c-]c1n2-c1[c-]c(C2=N[C@@H]3c4ccc(C(C)(C)C)cc4C[C@@H]3O2)c(C)cc1C.[Pt+2]. The van der Waals surface area contributed by atoms with E-state index in [9.17, 15) is 0 Å². The van der Waals surface area contributed by atoms with Crippen LogP contribution in [0.4, 0.5) is 0 Å². The first kappa shape index (κ1) is 35.7. The summed E-state index contributed by atoms with van der Waals surface area (Å²) in [7, 11) is 0. The van der Waals surface area contributed by atoms with Crippen molar-refractivity contribution in [2.45, 2.75) is 85.3 Å². The van der Waals surface area contributed by atoms with Crippen LogP contribution in [-0.4, -0.2) is 26.1 Å². The molecule has 0 amide bonds. The predicted molar refractivity (Wildman–Crippen MR) is 222 cm³/mol. The molecule has 6 heteroatoms. The van der Waals surface area contributed by atoms with Crippen molar-refractivity contribution < 1.29 is 25.8 Å². The summed E-state index contributed by atoms with van der Waals surface area (Å²) < 4.78 is 11.3. The molecule has 0 unspecified atom stereocenters. The number of ether oxygens (including phenoxy) is 1. The summed E-state index contributed by atoms with van der Waals surface area (Å²) in [6, 6.07) is 39.1. The number of benzene rings is 5. The Morgan fingerprint density at radius 3 is 2.36 bits per heavy atom. The van der Waals surface area contributed by atoms with Crippen molar-refractivity contribution in [3.05, 3.63) is 148 Å². The fourth-order valence-corrected chi connectivity index (χ4v) is 8.86. The van der Waals surface area contributed by atoms with Crippen molar-refractivity contribution in [1.82, 2.24) is 14.1 Å². The van der Waals surface area contributed by atoms with Crippen molar-refractivity contribution in [1.29, 1.82) is 0 Å². The van der Waals surface area contributed by atoms with Crippen molar-refractivity contribution >= 4 is 49.6 Å². The van der Waals surface area contributed by atoms with E-state index in [0.29, 0.717) is 11.8 Å². The van der Waals surface area contributed by atoms with E-state index in [2.05, 4.69) is 156 Å². The maximum Gasteiger partial charge on any atom is 2.00 e. The monoisotopic (exact) mass is 899 g/mol. The molecule has 55 heavy (non-hydrogen) atoms. The van der Waals surface area contributed by atoms with Gasteiger partial charge in [-0.15, -0.1) is 40.8 Å². The van der Waals surface area contributed by atoms with E-state index in [1.54, 1.807) is 0 Å². The third-order valence-electron chi connectivity index (χ3n) is 11.8. The van der Waals surface area contributed by atoms with Crippen molar-refractivity contribution in [3.8, 4) is 11.4 Å². The van der Waals surface area contributed by atoms with Crippen LogP contribution < -0.4 is 0 Å². The molecule has 1 aliphatic heterocycles. The standard InChI is InChI=1S/C49H44N4O.Pt/c1-27(2)31-12-18-41-40(23-31)37-10-9-19-50-47(37)52(41)34-14-16-36-39-20-28(3)11-17-42(39)53(44(36)25-34)43-26-38(29(4)21-30(43)5)48-51-46-35-15-13-33(49(6,7)8)22-32(35)24-45(46)54-48;/h9-23,27,45-46H,24H2,1-8H3;/q-2;+2/t45-,46+;/m0./s1. The van der Waals surface area contributed by atoms with E-state index in [0.717, 1.165) is 67.5 Å². The minimum absolute atomic E-state index is 0. The molecule has 3 aromatic heterocycles. The molecule has 10 rings (SSSR count). The van der Waals surface area contributed by atoms with Crippen LogP contribution in [0, 0.1) is 32.9 Å². The van der Waals surface area contributed by atoms with Crippen LogP contribution in [0.1, 0.15) is 91.1 Å². The number of rotatable bonds is 4. The van der Waals surface area contributed by atoms with Gasteiger partial charge in [-0.25, -0.2) is 4.98 Å². The van der Waals surface area contributed by atoms with Gasteiger partial charge in [0.2, 0.25) is 0 Å². The maximum absolute atomic E-state index is 6.73. The Kier molecular flexibility index (Phi) is 8.29. The van der Waals surface area contributed by atoms with E-state index >= 15 is 0 Å². The molecular weight excluding hydrogens is 856 g/mol. The van der Waals surface area contributed by atoms with Crippen LogP contribution in [0.15, 0.2) is 96.1 Å². The third-order valence-corrected chi connectivity index (χ3v) is 11.8. The molecule has 0 radical (unpaired) electrons. The molecule has 2 atom stereocenters. The van der Waals surface area contributed by atoms with E-state index in [-0.39, 0.29) is 38.6 Å². The predicted octanol–water partition coefficient (Wildman–Crippen LogP) is 11.7. The number of hydrogen-bond acceptors (Lipinski definition) is 3. The number of aryl methyl sites for hydroxylation is 3. The Hall–Kier alpha value is -4.99. The van der Waals surface area contributed by atoms with Gasteiger partial charge < -0.3 is 13.9 Å². The van der Waals surface area contributed by atoms with Crippen LogP contribution in [0.5, 0.6) is 0 Å². The minimum Gasteiger partial charge on any atom is -0.514 e. The van der Waals surface area contributed by atoms with E-state index in [1.165, 1.54) is 38.6 Å². The summed E-state index contributed by atoms with van der Waals surface area (Å²) in [4.78, 5) is 10.2. The zero-order chi connectivity index (χ0) is 37.2. The van der Waals surface area contributed by atoms with Crippen LogP contribution in [0.3, 0.4) is 0 Å². The van der Waals surface area contributed by atoms with Gasteiger partial charge in [0.15, 0.2) is 0 Å². The molecule has 0 spiro atoms.